The van der Waals surface area contributed by atoms with E-state index in [1.807, 2.05) is 0 Å². The van der Waals surface area contributed by atoms with Crippen molar-refractivity contribution in [2.24, 2.45) is 5.73 Å². The van der Waals surface area contributed by atoms with Crippen molar-refractivity contribution < 1.29 is 0 Å². The highest BCUT2D eigenvalue weighted by Gasteiger charge is 2.37. The summed E-state index contributed by atoms with van der Waals surface area (Å²) in [6, 6.07) is 9.26. The van der Waals surface area contributed by atoms with Crippen LogP contribution < -0.4 is 5.73 Å². The molecule has 2 aliphatic rings. The molecule has 0 unspecified atom stereocenters. The van der Waals surface area contributed by atoms with Gasteiger partial charge >= 0.3 is 0 Å². The van der Waals surface area contributed by atoms with Crippen molar-refractivity contribution in [3.05, 3.63) is 35.4 Å². The van der Waals surface area contributed by atoms with Gasteiger partial charge in [-0.2, -0.15) is 0 Å². The van der Waals surface area contributed by atoms with Gasteiger partial charge in [0.05, 0.1) is 0 Å². The molecular weight excluding hydrogens is 218 g/mol. The number of hydrogen-bond acceptors (Lipinski definition) is 1. The molecule has 0 saturated heterocycles. The normalized spacial score (nSPS) is 23.6. The molecule has 1 aromatic rings. The predicted molar refractivity (Wildman–Crippen MR) is 76.7 cm³/mol. The highest BCUT2D eigenvalue weighted by atomic mass is 14.8. The zero-order valence-electron chi connectivity index (χ0n) is 11.3. The Balaban J connectivity index is 1.72. The van der Waals surface area contributed by atoms with Crippen LogP contribution in [0.2, 0.25) is 0 Å². The first-order chi connectivity index (χ1) is 8.75. The Hall–Kier alpha value is -0.820. The van der Waals surface area contributed by atoms with Crippen molar-refractivity contribution in [1.82, 2.24) is 0 Å². The first-order valence-electron chi connectivity index (χ1n) is 7.63. The van der Waals surface area contributed by atoms with Gasteiger partial charge in [0, 0.05) is 5.54 Å². The van der Waals surface area contributed by atoms with Crippen molar-refractivity contribution in [1.29, 1.82) is 0 Å². The highest BCUT2D eigenvalue weighted by molar-refractivity contribution is 5.29. The third-order valence-corrected chi connectivity index (χ3v) is 4.73. The summed E-state index contributed by atoms with van der Waals surface area (Å²) in [6.07, 6.45) is 12.0. The van der Waals surface area contributed by atoms with Crippen molar-refractivity contribution >= 4 is 0 Å². The molecule has 1 nitrogen and oxygen atoms in total. The molecule has 1 heteroatoms. The van der Waals surface area contributed by atoms with Gasteiger partial charge < -0.3 is 5.73 Å². The molecule has 2 N–H and O–H groups in total. The molecule has 0 aromatic heterocycles. The standard InChI is InChI=1S/C17H25N/c18-17(10-11-17)13-14-6-5-9-16(12-14)15-7-3-1-2-4-8-15/h5-6,9,12,15H,1-4,7-8,10-11,13,18H2. The maximum absolute atomic E-state index is 6.23. The SMILES string of the molecule is NC1(Cc2cccc(C3CCCCCC3)c2)CC1. The Bertz CT molecular complexity index is 398. The molecule has 0 radical (unpaired) electrons. The molecule has 18 heavy (non-hydrogen) atoms. The fraction of sp³-hybridized carbons (Fsp3) is 0.647. The molecule has 0 aliphatic heterocycles. The van der Waals surface area contributed by atoms with E-state index in [0.29, 0.717) is 0 Å². The molecule has 0 amide bonds. The van der Waals surface area contributed by atoms with E-state index in [-0.39, 0.29) is 5.54 Å². The van der Waals surface area contributed by atoms with Gasteiger partial charge in [0.1, 0.15) is 0 Å². The molecule has 2 saturated carbocycles. The minimum Gasteiger partial charge on any atom is -0.325 e. The smallest absolute Gasteiger partial charge is 0.0196 e. The van der Waals surface area contributed by atoms with Crippen molar-refractivity contribution in [2.45, 2.75) is 69.2 Å². The maximum Gasteiger partial charge on any atom is 0.0196 e. The van der Waals surface area contributed by atoms with Gasteiger partial charge in [-0.15, -0.1) is 0 Å². The summed E-state index contributed by atoms with van der Waals surface area (Å²) in [4.78, 5) is 0. The maximum atomic E-state index is 6.23. The molecule has 0 atom stereocenters. The van der Waals surface area contributed by atoms with Crippen LogP contribution in [0.25, 0.3) is 0 Å². The Morgan fingerprint density at radius 3 is 2.44 bits per heavy atom. The van der Waals surface area contributed by atoms with Gasteiger partial charge in [-0.3, -0.25) is 0 Å². The Kier molecular flexibility index (Phi) is 3.43. The molecule has 2 fully saturated rings. The van der Waals surface area contributed by atoms with Gasteiger partial charge in [0.15, 0.2) is 0 Å². The Morgan fingerprint density at radius 1 is 1.06 bits per heavy atom. The lowest BCUT2D eigenvalue weighted by atomic mass is 9.90. The second-order valence-electron chi connectivity index (χ2n) is 6.47. The van der Waals surface area contributed by atoms with Gasteiger partial charge in [-0.05, 0) is 49.1 Å². The van der Waals surface area contributed by atoms with Crippen molar-refractivity contribution in [3.63, 3.8) is 0 Å². The lowest BCUT2D eigenvalue weighted by molar-refractivity contribution is 0.590. The summed E-state index contributed by atoms with van der Waals surface area (Å²) in [7, 11) is 0. The molecule has 0 heterocycles. The minimum absolute atomic E-state index is 0.141. The monoisotopic (exact) mass is 243 g/mol. The molecular formula is C17H25N. The third kappa shape index (κ3) is 2.95. The molecule has 1 aromatic carbocycles. The quantitative estimate of drug-likeness (QED) is 0.793. The summed E-state index contributed by atoms with van der Waals surface area (Å²) in [6.45, 7) is 0. The molecule has 3 rings (SSSR count). The predicted octanol–water partition coefficient (Wildman–Crippen LogP) is 4.16. The number of rotatable bonds is 3. The Morgan fingerprint density at radius 2 is 1.78 bits per heavy atom. The van der Waals surface area contributed by atoms with E-state index < -0.39 is 0 Å². The third-order valence-electron chi connectivity index (χ3n) is 4.73. The first-order valence-corrected chi connectivity index (χ1v) is 7.63. The van der Waals surface area contributed by atoms with E-state index in [1.165, 1.54) is 56.9 Å². The molecule has 0 spiro atoms. The summed E-state index contributed by atoms with van der Waals surface area (Å²) >= 11 is 0. The van der Waals surface area contributed by atoms with Crippen LogP contribution >= 0.6 is 0 Å². The molecule has 2 aliphatic carbocycles. The van der Waals surface area contributed by atoms with E-state index in [2.05, 4.69) is 24.3 Å². The number of nitrogens with two attached hydrogens (primary N) is 1. The van der Waals surface area contributed by atoms with Gasteiger partial charge in [0.2, 0.25) is 0 Å². The summed E-state index contributed by atoms with van der Waals surface area (Å²) in [5, 5.41) is 0. The first kappa shape index (κ1) is 12.2. The van der Waals surface area contributed by atoms with Crippen LogP contribution in [0.15, 0.2) is 24.3 Å². The lowest BCUT2D eigenvalue weighted by Crippen LogP contribution is -2.24. The summed E-state index contributed by atoms with van der Waals surface area (Å²) < 4.78 is 0. The average Bonchev–Trinajstić information content (AvgIpc) is 3.13. The van der Waals surface area contributed by atoms with E-state index in [0.717, 1.165) is 12.3 Å². The van der Waals surface area contributed by atoms with E-state index in [9.17, 15) is 0 Å². The summed E-state index contributed by atoms with van der Waals surface area (Å²) in [5.74, 6) is 0.806. The fourth-order valence-electron chi connectivity index (χ4n) is 3.31. The fourth-order valence-corrected chi connectivity index (χ4v) is 3.31. The van der Waals surface area contributed by atoms with E-state index in [1.54, 1.807) is 5.56 Å². The van der Waals surface area contributed by atoms with Crippen LogP contribution in [0.3, 0.4) is 0 Å². The second kappa shape index (κ2) is 5.05. The molecule has 98 valence electrons. The number of hydrogen-bond donors (Lipinski definition) is 1. The zero-order valence-corrected chi connectivity index (χ0v) is 11.3. The van der Waals surface area contributed by atoms with Crippen molar-refractivity contribution in [3.8, 4) is 0 Å². The minimum atomic E-state index is 0.141. The van der Waals surface area contributed by atoms with Crippen LogP contribution in [0.1, 0.15) is 68.4 Å². The van der Waals surface area contributed by atoms with Crippen LogP contribution in [0, 0.1) is 0 Å². The van der Waals surface area contributed by atoms with E-state index >= 15 is 0 Å². The second-order valence-corrected chi connectivity index (χ2v) is 6.47. The zero-order chi connectivity index (χ0) is 12.4. The number of benzene rings is 1. The van der Waals surface area contributed by atoms with Gasteiger partial charge in [-0.1, -0.05) is 49.9 Å². The van der Waals surface area contributed by atoms with Crippen LogP contribution in [0.5, 0.6) is 0 Å². The Labute approximate surface area is 111 Å². The lowest BCUT2D eigenvalue weighted by Gasteiger charge is -2.16. The van der Waals surface area contributed by atoms with Gasteiger partial charge in [-0.25, -0.2) is 0 Å². The average molecular weight is 243 g/mol. The van der Waals surface area contributed by atoms with E-state index in [4.69, 9.17) is 5.73 Å². The topological polar surface area (TPSA) is 26.0 Å². The highest BCUT2D eigenvalue weighted by Crippen LogP contribution is 2.37. The summed E-state index contributed by atoms with van der Waals surface area (Å²) in [5.41, 5.74) is 9.40. The van der Waals surface area contributed by atoms with Crippen LogP contribution in [0.4, 0.5) is 0 Å². The van der Waals surface area contributed by atoms with Crippen molar-refractivity contribution in [2.75, 3.05) is 0 Å². The van der Waals surface area contributed by atoms with Crippen LogP contribution in [-0.2, 0) is 6.42 Å². The van der Waals surface area contributed by atoms with Crippen LogP contribution in [-0.4, -0.2) is 5.54 Å². The van der Waals surface area contributed by atoms with Gasteiger partial charge in [0.25, 0.3) is 0 Å². The largest absolute Gasteiger partial charge is 0.325 e. The molecule has 0 bridgehead atoms.